The minimum absolute atomic E-state index is 0.0587. The van der Waals surface area contributed by atoms with Crippen molar-refractivity contribution in [2.45, 2.75) is 133 Å². The Hall–Kier alpha value is -5.88. The third-order valence-electron chi connectivity index (χ3n) is 11.9. The van der Waals surface area contributed by atoms with E-state index in [1.807, 2.05) is 36.4 Å². The summed E-state index contributed by atoms with van der Waals surface area (Å²) in [5, 5.41) is 36.0. The van der Waals surface area contributed by atoms with Gasteiger partial charge in [0, 0.05) is 25.9 Å². The molecule has 0 bridgehead atoms. The summed E-state index contributed by atoms with van der Waals surface area (Å²) in [5.41, 5.74) is 7.14. The van der Waals surface area contributed by atoms with Crippen molar-refractivity contribution >= 4 is 47.3 Å². The normalized spacial score (nSPS) is 26.3. The second-order valence-electron chi connectivity index (χ2n) is 17.0. The third kappa shape index (κ3) is 13.6. The number of hydrogen-bond acceptors (Lipinski definition) is 10. The molecule has 2 aromatic carbocycles. The highest BCUT2D eigenvalue weighted by Crippen LogP contribution is 2.23. The molecule has 3 aliphatic heterocycles. The number of nitrogens with one attached hydrogen (secondary N) is 5. The van der Waals surface area contributed by atoms with Crippen LogP contribution in [0.4, 0.5) is 0 Å². The van der Waals surface area contributed by atoms with Crippen molar-refractivity contribution in [2.24, 2.45) is 11.7 Å². The number of carbonyl (C=O) groups is 8. The van der Waals surface area contributed by atoms with Crippen LogP contribution in [0.15, 0.2) is 60.7 Å². The molecule has 8 atom stereocenters. The highest BCUT2D eigenvalue weighted by Gasteiger charge is 2.42. The molecule has 63 heavy (non-hydrogen) atoms. The Morgan fingerprint density at radius 2 is 1.33 bits per heavy atom. The van der Waals surface area contributed by atoms with Gasteiger partial charge >= 0.3 is 0 Å². The summed E-state index contributed by atoms with van der Waals surface area (Å²) >= 11 is 0. The van der Waals surface area contributed by atoms with Gasteiger partial charge < -0.3 is 52.3 Å². The van der Waals surface area contributed by atoms with E-state index in [1.54, 1.807) is 38.1 Å². The van der Waals surface area contributed by atoms with Crippen LogP contribution in [0.25, 0.3) is 0 Å². The zero-order chi connectivity index (χ0) is 45.6. The number of nitrogens with zero attached hydrogens (tertiary/aromatic N) is 2. The van der Waals surface area contributed by atoms with Gasteiger partial charge in [0.1, 0.15) is 30.2 Å². The van der Waals surface area contributed by atoms with Crippen molar-refractivity contribution in [3.63, 3.8) is 0 Å². The Labute approximate surface area is 367 Å². The highest BCUT2D eigenvalue weighted by molar-refractivity contribution is 5.97. The van der Waals surface area contributed by atoms with Gasteiger partial charge in [-0.2, -0.15) is 0 Å². The van der Waals surface area contributed by atoms with E-state index >= 15 is 0 Å². The van der Waals surface area contributed by atoms with Gasteiger partial charge in [-0.3, -0.25) is 38.4 Å². The van der Waals surface area contributed by atoms with E-state index in [2.05, 4.69) is 26.6 Å². The second kappa shape index (κ2) is 23.0. The molecule has 0 saturated carbocycles. The van der Waals surface area contributed by atoms with Crippen molar-refractivity contribution in [1.29, 1.82) is 0 Å². The predicted octanol–water partition coefficient (Wildman–Crippen LogP) is -0.664. The first kappa shape index (κ1) is 48.2. The zero-order valence-corrected chi connectivity index (χ0v) is 36.0. The average molecular weight is 875 g/mol. The molecule has 18 nitrogen and oxygen atoms in total. The van der Waals surface area contributed by atoms with E-state index in [4.69, 9.17) is 5.73 Å². The van der Waals surface area contributed by atoms with Crippen LogP contribution in [0.5, 0.6) is 0 Å². The van der Waals surface area contributed by atoms with Crippen LogP contribution in [0, 0.1) is 5.92 Å². The number of fused-ring (bicyclic) bond motifs is 2. The lowest BCUT2D eigenvalue weighted by Crippen LogP contribution is -2.61. The van der Waals surface area contributed by atoms with Crippen LogP contribution in [-0.4, -0.2) is 135 Å². The Morgan fingerprint density at radius 3 is 1.97 bits per heavy atom. The smallest absolute Gasteiger partial charge is 0.251 e. The summed E-state index contributed by atoms with van der Waals surface area (Å²) < 4.78 is 0. The molecule has 2 aromatic rings. The fourth-order valence-corrected chi connectivity index (χ4v) is 8.44. The fraction of sp³-hybridized carbons (Fsp3) is 0.556. The third-order valence-corrected chi connectivity index (χ3v) is 11.9. The maximum Gasteiger partial charge on any atom is 0.251 e. The van der Waals surface area contributed by atoms with Gasteiger partial charge in [-0.25, -0.2) is 0 Å². The topological polar surface area (TPSA) is 270 Å². The van der Waals surface area contributed by atoms with E-state index in [0.29, 0.717) is 25.7 Å². The molecule has 8 amide bonds. The number of primary amides is 1. The van der Waals surface area contributed by atoms with Crippen molar-refractivity contribution in [1.82, 2.24) is 36.4 Å². The van der Waals surface area contributed by atoms with Crippen molar-refractivity contribution in [2.75, 3.05) is 19.6 Å². The van der Waals surface area contributed by atoms with Gasteiger partial charge in [0.25, 0.3) is 5.91 Å². The molecule has 3 heterocycles. The van der Waals surface area contributed by atoms with E-state index in [9.17, 15) is 48.6 Å². The molecule has 3 fully saturated rings. The molecule has 3 aliphatic rings. The standard InChI is InChI=1S/C45H62N8O10/c1-27(2)38-45(63)53-23-11-19-35(53)43(61)49-32(25-30(54)17-9-16-28-12-5-3-6-13-28)39(57)44(62)48-31(20-21-36(46)55)40(58)47-26-37(56)52-22-10-18-34(52)42(60)50-33(41(59)51-38)24-29-14-7-4-8-15-29/h3-8,12-15,27,30-35,38-39,54,57H,9-11,16-26H2,1-2H3,(H2,46,55)(H,47,58)(H,48,62)(H,49,61)(H,50,60)(H,51,59). The second-order valence-corrected chi connectivity index (χ2v) is 17.0. The number of nitrogens with two attached hydrogens (primary N) is 1. The van der Waals surface area contributed by atoms with E-state index < -0.39 is 108 Å². The van der Waals surface area contributed by atoms with Crippen LogP contribution in [0.1, 0.15) is 82.8 Å². The molecule has 342 valence electrons. The number of benzene rings is 2. The number of carbonyl (C=O) groups excluding carboxylic acids is 8. The average Bonchev–Trinajstić information content (AvgIpc) is 3.97. The lowest BCUT2D eigenvalue weighted by molar-refractivity contribution is -0.144. The van der Waals surface area contributed by atoms with Gasteiger partial charge in [-0.15, -0.1) is 0 Å². The molecule has 18 heteroatoms. The summed E-state index contributed by atoms with van der Waals surface area (Å²) in [6.45, 7) is 3.24. The SMILES string of the molecule is CC(C)C1NC(=O)C(Cc2ccccc2)NC(=O)C2CCCN2C(=O)CNC(=O)C(CCC(N)=O)NC(=O)C(O)C(CC(O)CCCc2ccccc2)NC(=O)C2CCCN2C1=O. The zero-order valence-electron chi connectivity index (χ0n) is 36.0. The van der Waals surface area contributed by atoms with Crippen molar-refractivity contribution in [3.05, 3.63) is 71.8 Å². The summed E-state index contributed by atoms with van der Waals surface area (Å²) in [6, 6.07) is 11.3. The number of aliphatic hydroxyl groups excluding tert-OH is 2. The number of aryl methyl sites for hydroxylation is 1. The van der Waals surface area contributed by atoms with Gasteiger partial charge in [-0.1, -0.05) is 74.5 Å². The molecule has 5 rings (SSSR count). The molecule has 0 aromatic heterocycles. The molecular formula is C45H62N8O10. The lowest BCUT2D eigenvalue weighted by atomic mass is 9.97. The van der Waals surface area contributed by atoms with Gasteiger partial charge in [-0.05, 0) is 74.8 Å². The highest BCUT2D eigenvalue weighted by atomic mass is 16.3. The Kier molecular flexibility index (Phi) is 17.6. The number of amides is 8. The van der Waals surface area contributed by atoms with E-state index in [1.165, 1.54) is 9.80 Å². The van der Waals surface area contributed by atoms with Crippen LogP contribution < -0.4 is 32.3 Å². The summed E-state index contributed by atoms with van der Waals surface area (Å²) in [5.74, 6) is -6.37. The minimum Gasteiger partial charge on any atom is -0.393 e. The maximum atomic E-state index is 14.4. The fourth-order valence-electron chi connectivity index (χ4n) is 8.44. The quantitative estimate of drug-likeness (QED) is 0.133. The van der Waals surface area contributed by atoms with Crippen LogP contribution >= 0.6 is 0 Å². The van der Waals surface area contributed by atoms with Gasteiger partial charge in [0.05, 0.1) is 18.7 Å². The first-order chi connectivity index (χ1) is 30.1. The van der Waals surface area contributed by atoms with Crippen LogP contribution in [0.2, 0.25) is 0 Å². The largest absolute Gasteiger partial charge is 0.393 e. The molecular weight excluding hydrogens is 813 g/mol. The summed E-state index contributed by atoms with van der Waals surface area (Å²) in [6.07, 6.45) is -1.18. The minimum atomic E-state index is -2.03. The van der Waals surface area contributed by atoms with Crippen LogP contribution in [0.3, 0.4) is 0 Å². The molecule has 0 radical (unpaired) electrons. The Balaban J connectivity index is 1.46. The van der Waals surface area contributed by atoms with Crippen molar-refractivity contribution < 1.29 is 48.6 Å². The first-order valence-electron chi connectivity index (χ1n) is 21.9. The van der Waals surface area contributed by atoms with Gasteiger partial charge in [0.2, 0.25) is 41.4 Å². The monoisotopic (exact) mass is 874 g/mol. The number of aliphatic hydroxyl groups is 2. The molecule has 9 N–H and O–H groups in total. The van der Waals surface area contributed by atoms with Crippen molar-refractivity contribution in [3.8, 4) is 0 Å². The Bertz CT molecular complexity index is 1930. The lowest BCUT2D eigenvalue weighted by Gasteiger charge is -2.33. The summed E-state index contributed by atoms with van der Waals surface area (Å²) in [7, 11) is 0. The molecule has 8 unspecified atom stereocenters. The van der Waals surface area contributed by atoms with E-state index in [-0.39, 0.29) is 58.0 Å². The Morgan fingerprint density at radius 1 is 0.746 bits per heavy atom. The molecule has 3 saturated heterocycles. The van der Waals surface area contributed by atoms with Crippen LogP contribution in [-0.2, 0) is 51.2 Å². The predicted molar refractivity (Wildman–Crippen MR) is 230 cm³/mol. The molecule has 0 aliphatic carbocycles. The molecule has 0 spiro atoms. The summed E-state index contributed by atoms with van der Waals surface area (Å²) in [4.78, 5) is 112. The number of hydrogen-bond donors (Lipinski definition) is 8. The maximum absolute atomic E-state index is 14.4. The first-order valence-corrected chi connectivity index (χ1v) is 21.9. The van der Waals surface area contributed by atoms with E-state index in [0.717, 1.165) is 11.1 Å². The van der Waals surface area contributed by atoms with Gasteiger partial charge in [0.15, 0.2) is 6.10 Å². The number of rotatable bonds is 12.